The summed E-state index contributed by atoms with van der Waals surface area (Å²) in [7, 11) is 0. The smallest absolute Gasteiger partial charge is 0.305 e. The lowest BCUT2D eigenvalue weighted by molar-refractivity contribution is -0.139. The number of nitrogens with one attached hydrogen (secondary N) is 2. The molecule has 1 saturated heterocycles. The molecule has 3 N–H and O–H groups in total. The van der Waals surface area contributed by atoms with Crippen molar-refractivity contribution in [1.82, 2.24) is 10.6 Å². The maximum Gasteiger partial charge on any atom is 0.305 e. The summed E-state index contributed by atoms with van der Waals surface area (Å²) >= 11 is 0. The van der Waals surface area contributed by atoms with Crippen molar-refractivity contribution in [2.75, 3.05) is 13.1 Å². The van der Waals surface area contributed by atoms with Gasteiger partial charge in [0.25, 0.3) is 0 Å². The number of aliphatic carboxylic acids is 1. The molecule has 0 atom stereocenters. The molecule has 2 fully saturated rings. The molecule has 0 bridgehead atoms. The molecule has 15 heavy (non-hydrogen) atoms. The van der Waals surface area contributed by atoms with Crippen molar-refractivity contribution in [3.05, 3.63) is 0 Å². The van der Waals surface area contributed by atoms with Crippen LogP contribution in [0.5, 0.6) is 0 Å². The number of rotatable bonds is 4. The third kappa shape index (κ3) is 2.69. The summed E-state index contributed by atoms with van der Waals surface area (Å²) in [6, 6.07) is 0.542. The van der Waals surface area contributed by atoms with E-state index in [2.05, 4.69) is 10.6 Å². The lowest BCUT2D eigenvalue weighted by Crippen LogP contribution is -2.70. The van der Waals surface area contributed by atoms with E-state index in [1.807, 2.05) is 0 Å². The minimum atomic E-state index is -0.695. The highest BCUT2D eigenvalue weighted by Crippen LogP contribution is 2.23. The molecular formula is C11H20N2O2. The molecule has 0 spiro atoms. The minimum Gasteiger partial charge on any atom is -0.481 e. The topological polar surface area (TPSA) is 61.4 Å². The summed E-state index contributed by atoms with van der Waals surface area (Å²) < 4.78 is 0. The highest BCUT2D eigenvalue weighted by atomic mass is 16.4. The van der Waals surface area contributed by atoms with Gasteiger partial charge in [-0.2, -0.15) is 0 Å². The zero-order chi connectivity index (χ0) is 10.7. The van der Waals surface area contributed by atoms with Crippen molar-refractivity contribution in [2.24, 2.45) is 0 Å². The van der Waals surface area contributed by atoms with E-state index >= 15 is 0 Å². The first-order valence-electron chi connectivity index (χ1n) is 5.90. The summed E-state index contributed by atoms with van der Waals surface area (Å²) in [5, 5.41) is 15.6. The van der Waals surface area contributed by atoms with Gasteiger partial charge in [0.15, 0.2) is 0 Å². The monoisotopic (exact) mass is 212 g/mol. The Hall–Kier alpha value is -0.610. The van der Waals surface area contributed by atoms with Gasteiger partial charge in [-0.15, -0.1) is 0 Å². The number of carbonyl (C=O) groups is 1. The molecule has 0 unspecified atom stereocenters. The van der Waals surface area contributed by atoms with E-state index in [0.29, 0.717) is 6.04 Å². The first-order valence-corrected chi connectivity index (χ1v) is 5.90. The van der Waals surface area contributed by atoms with E-state index in [4.69, 9.17) is 5.11 Å². The molecule has 0 aromatic rings. The Kier molecular flexibility index (Phi) is 3.26. The predicted octanol–water partition coefficient (Wildman–Crippen LogP) is 0.725. The second-order valence-electron chi connectivity index (χ2n) is 4.93. The molecule has 4 nitrogen and oxygen atoms in total. The summed E-state index contributed by atoms with van der Waals surface area (Å²) in [5.74, 6) is -0.695. The van der Waals surface area contributed by atoms with Gasteiger partial charge in [0.05, 0.1) is 12.0 Å². The maximum absolute atomic E-state index is 10.8. The Bertz CT molecular complexity index is 233. The van der Waals surface area contributed by atoms with Gasteiger partial charge in [-0.3, -0.25) is 4.79 Å². The molecule has 0 aromatic heterocycles. The van der Waals surface area contributed by atoms with E-state index in [1.165, 1.54) is 32.1 Å². The first kappa shape index (κ1) is 10.9. The lowest BCUT2D eigenvalue weighted by atomic mass is 9.85. The van der Waals surface area contributed by atoms with Gasteiger partial charge in [-0.1, -0.05) is 19.3 Å². The molecule has 1 aliphatic heterocycles. The maximum atomic E-state index is 10.8. The zero-order valence-corrected chi connectivity index (χ0v) is 9.09. The largest absolute Gasteiger partial charge is 0.481 e. The van der Waals surface area contributed by atoms with Gasteiger partial charge in [0.2, 0.25) is 0 Å². The average Bonchev–Trinajstić information content (AvgIpc) is 2.15. The van der Waals surface area contributed by atoms with E-state index in [0.717, 1.165) is 13.1 Å². The Labute approximate surface area is 90.4 Å². The molecule has 0 amide bonds. The van der Waals surface area contributed by atoms with Crippen molar-refractivity contribution >= 4 is 5.97 Å². The third-order valence-electron chi connectivity index (χ3n) is 3.53. The Balaban J connectivity index is 1.86. The van der Waals surface area contributed by atoms with Crippen molar-refractivity contribution in [3.8, 4) is 0 Å². The summed E-state index contributed by atoms with van der Waals surface area (Å²) in [6.07, 6.45) is 6.57. The Morgan fingerprint density at radius 2 is 2.00 bits per heavy atom. The molecule has 1 saturated carbocycles. The zero-order valence-electron chi connectivity index (χ0n) is 9.09. The van der Waals surface area contributed by atoms with E-state index in [9.17, 15) is 4.79 Å². The standard InChI is InChI=1S/C11H20N2O2/c14-10(15)6-11(7-12-8-11)13-9-4-2-1-3-5-9/h9,12-13H,1-8H2,(H,14,15). The van der Waals surface area contributed by atoms with Crippen LogP contribution >= 0.6 is 0 Å². The summed E-state index contributed by atoms with van der Waals surface area (Å²) in [6.45, 7) is 1.60. The highest BCUT2D eigenvalue weighted by Gasteiger charge is 2.40. The fourth-order valence-electron chi connectivity index (χ4n) is 2.67. The number of carboxylic acid groups (broad SMARTS) is 1. The van der Waals surface area contributed by atoms with E-state index in [1.54, 1.807) is 0 Å². The first-order chi connectivity index (χ1) is 7.20. The van der Waals surface area contributed by atoms with Gasteiger partial charge < -0.3 is 15.7 Å². The highest BCUT2D eigenvalue weighted by molar-refractivity contribution is 5.68. The van der Waals surface area contributed by atoms with Crippen molar-refractivity contribution in [2.45, 2.75) is 50.1 Å². The molecule has 0 radical (unpaired) electrons. The normalized spacial score (nSPS) is 25.9. The van der Waals surface area contributed by atoms with E-state index < -0.39 is 5.97 Å². The SMILES string of the molecule is O=C(O)CC1(NC2CCCCC2)CNC1. The van der Waals surface area contributed by atoms with Crippen LogP contribution in [0, 0.1) is 0 Å². The van der Waals surface area contributed by atoms with Crippen LogP contribution in [0.4, 0.5) is 0 Å². The van der Waals surface area contributed by atoms with Gasteiger partial charge in [-0.05, 0) is 12.8 Å². The van der Waals surface area contributed by atoms with Crippen LogP contribution in [0.3, 0.4) is 0 Å². The van der Waals surface area contributed by atoms with Gasteiger partial charge in [-0.25, -0.2) is 0 Å². The van der Waals surface area contributed by atoms with E-state index in [-0.39, 0.29) is 12.0 Å². The quantitative estimate of drug-likeness (QED) is 0.643. The van der Waals surface area contributed by atoms with Crippen molar-refractivity contribution < 1.29 is 9.90 Å². The lowest BCUT2D eigenvalue weighted by Gasteiger charge is -2.45. The number of hydrogen-bond donors (Lipinski definition) is 3. The fraction of sp³-hybridized carbons (Fsp3) is 0.909. The van der Waals surface area contributed by atoms with Crippen LogP contribution in [-0.2, 0) is 4.79 Å². The molecule has 1 aliphatic carbocycles. The van der Waals surface area contributed by atoms with Gasteiger partial charge >= 0.3 is 5.97 Å². The van der Waals surface area contributed by atoms with Crippen LogP contribution in [0.15, 0.2) is 0 Å². The van der Waals surface area contributed by atoms with Gasteiger partial charge in [0, 0.05) is 19.1 Å². The average molecular weight is 212 g/mol. The van der Waals surface area contributed by atoms with Gasteiger partial charge in [0.1, 0.15) is 0 Å². The summed E-state index contributed by atoms with van der Waals surface area (Å²) in [5.41, 5.74) is -0.159. The molecule has 1 heterocycles. The fourth-order valence-corrected chi connectivity index (χ4v) is 2.67. The van der Waals surface area contributed by atoms with Crippen LogP contribution in [0.2, 0.25) is 0 Å². The van der Waals surface area contributed by atoms with Crippen LogP contribution in [0.1, 0.15) is 38.5 Å². The van der Waals surface area contributed by atoms with Crippen molar-refractivity contribution in [3.63, 3.8) is 0 Å². The minimum absolute atomic E-state index is 0.159. The molecule has 86 valence electrons. The number of carboxylic acids is 1. The van der Waals surface area contributed by atoms with Crippen LogP contribution in [0.25, 0.3) is 0 Å². The third-order valence-corrected chi connectivity index (χ3v) is 3.53. The molecule has 2 aliphatic rings. The molecule has 4 heteroatoms. The summed E-state index contributed by atoms with van der Waals surface area (Å²) in [4.78, 5) is 10.8. The Morgan fingerprint density at radius 3 is 2.47 bits per heavy atom. The molecular weight excluding hydrogens is 192 g/mol. The predicted molar refractivity (Wildman–Crippen MR) is 57.9 cm³/mol. The molecule has 0 aromatic carbocycles. The molecule has 2 rings (SSSR count). The Morgan fingerprint density at radius 1 is 1.33 bits per heavy atom. The second-order valence-corrected chi connectivity index (χ2v) is 4.93. The van der Waals surface area contributed by atoms with Crippen LogP contribution < -0.4 is 10.6 Å². The number of hydrogen-bond acceptors (Lipinski definition) is 3. The van der Waals surface area contributed by atoms with Crippen LogP contribution in [-0.4, -0.2) is 35.7 Å². The second kappa shape index (κ2) is 4.49. The van der Waals surface area contributed by atoms with Crippen molar-refractivity contribution in [1.29, 1.82) is 0 Å².